The molecule has 94 valence electrons. The second-order valence-corrected chi connectivity index (χ2v) is 4.82. The number of amides is 1. The Kier molecular flexibility index (Phi) is 3.47. The molecule has 17 heavy (non-hydrogen) atoms. The van der Waals surface area contributed by atoms with Crippen molar-refractivity contribution in [2.24, 2.45) is 11.8 Å². The van der Waals surface area contributed by atoms with E-state index >= 15 is 0 Å². The van der Waals surface area contributed by atoms with Crippen molar-refractivity contribution in [3.8, 4) is 0 Å². The van der Waals surface area contributed by atoms with E-state index in [1.165, 1.54) is 0 Å². The van der Waals surface area contributed by atoms with Crippen molar-refractivity contribution in [2.75, 3.05) is 0 Å². The highest BCUT2D eigenvalue weighted by Crippen LogP contribution is 2.27. The molecule has 1 fully saturated rings. The third kappa shape index (κ3) is 2.66. The number of carboxylic acids is 1. The van der Waals surface area contributed by atoms with Crippen molar-refractivity contribution in [1.29, 1.82) is 0 Å². The Bertz CT molecular complexity index is 346. The molecular formula is C12H17NO4. The predicted molar refractivity (Wildman–Crippen MR) is 60.2 cm³/mol. The zero-order chi connectivity index (χ0) is 12.4. The van der Waals surface area contributed by atoms with E-state index in [0.717, 1.165) is 0 Å². The monoisotopic (exact) mass is 239 g/mol. The van der Waals surface area contributed by atoms with E-state index in [9.17, 15) is 9.59 Å². The second kappa shape index (κ2) is 4.87. The van der Waals surface area contributed by atoms with Crippen molar-refractivity contribution >= 4 is 11.9 Å². The minimum absolute atomic E-state index is 0.0119. The van der Waals surface area contributed by atoms with E-state index in [0.29, 0.717) is 25.7 Å². The number of rotatable bonds is 3. The number of hydrogen-bond donors (Lipinski definition) is 3. The van der Waals surface area contributed by atoms with Crippen LogP contribution in [0.1, 0.15) is 25.7 Å². The molecule has 5 nitrogen and oxygen atoms in total. The molecule has 0 aliphatic heterocycles. The molecule has 0 spiro atoms. The lowest BCUT2D eigenvalue weighted by atomic mass is 9.81. The molecule has 2 atom stereocenters. The van der Waals surface area contributed by atoms with E-state index < -0.39 is 17.8 Å². The van der Waals surface area contributed by atoms with E-state index in [4.69, 9.17) is 10.2 Å². The molecule has 0 aromatic carbocycles. The standard InChI is InChI=1S/C12H17NO4/c14-8-5-7(6-8)13-11(15)9-3-1-2-4-10(9)12(16)17/h1-2,7-10,14H,3-6H2,(H,13,15)(H,16,17). The zero-order valence-corrected chi connectivity index (χ0v) is 9.50. The molecule has 1 amide bonds. The normalized spacial score (nSPS) is 36.1. The van der Waals surface area contributed by atoms with Crippen LogP contribution in [0.3, 0.4) is 0 Å². The zero-order valence-electron chi connectivity index (χ0n) is 9.50. The summed E-state index contributed by atoms with van der Waals surface area (Å²) in [5.41, 5.74) is 0. The van der Waals surface area contributed by atoms with Gasteiger partial charge in [0.05, 0.1) is 17.9 Å². The minimum Gasteiger partial charge on any atom is -0.481 e. The number of allylic oxidation sites excluding steroid dienone is 2. The fraction of sp³-hybridized carbons (Fsp3) is 0.667. The van der Waals surface area contributed by atoms with Gasteiger partial charge in [-0.15, -0.1) is 0 Å². The van der Waals surface area contributed by atoms with Crippen molar-refractivity contribution in [3.63, 3.8) is 0 Å². The Morgan fingerprint density at radius 2 is 1.71 bits per heavy atom. The fourth-order valence-corrected chi connectivity index (χ4v) is 2.39. The van der Waals surface area contributed by atoms with Gasteiger partial charge in [-0.25, -0.2) is 0 Å². The van der Waals surface area contributed by atoms with Gasteiger partial charge in [0.15, 0.2) is 0 Å². The number of hydrogen-bond acceptors (Lipinski definition) is 3. The molecule has 0 heterocycles. The van der Waals surface area contributed by atoms with Gasteiger partial charge >= 0.3 is 5.97 Å². The fourth-order valence-electron chi connectivity index (χ4n) is 2.39. The van der Waals surface area contributed by atoms with Gasteiger partial charge in [0.1, 0.15) is 0 Å². The molecule has 1 saturated carbocycles. The average molecular weight is 239 g/mol. The number of aliphatic carboxylic acids is 1. The number of aliphatic hydroxyl groups excluding tert-OH is 1. The summed E-state index contributed by atoms with van der Waals surface area (Å²) in [6.07, 6.45) is 5.41. The van der Waals surface area contributed by atoms with Crippen LogP contribution in [-0.2, 0) is 9.59 Å². The first-order valence-electron chi connectivity index (χ1n) is 5.94. The molecule has 0 aromatic heterocycles. The van der Waals surface area contributed by atoms with Gasteiger partial charge in [0.25, 0.3) is 0 Å². The lowest BCUT2D eigenvalue weighted by Gasteiger charge is -2.34. The Hall–Kier alpha value is -1.36. The number of carbonyl (C=O) groups excluding carboxylic acids is 1. The maximum atomic E-state index is 11.9. The molecule has 3 N–H and O–H groups in total. The summed E-state index contributed by atoms with van der Waals surface area (Å²) in [7, 11) is 0. The Morgan fingerprint density at radius 1 is 1.12 bits per heavy atom. The number of carbonyl (C=O) groups is 2. The van der Waals surface area contributed by atoms with Crippen LogP contribution in [0.2, 0.25) is 0 Å². The van der Waals surface area contributed by atoms with Gasteiger partial charge in [0.2, 0.25) is 5.91 Å². The number of nitrogens with one attached hydrogen (secondary N) is 1. The van der Waals surface area contributed by atoms with Gasteiger partial charge in [0, 0.05) is 6.04 Å². The highest BCUT2D eigenvalue weighted by Gasteiger charge is 2.36. The van der Waals surface area contributed by atoms with Crippen LogP contribution in [0.5, 0.6) is 0 Å². The van der Waals surface area contributed by atoms with Gasteiger partial charge in [-0.3, -0.25) is 9.59 Å². The SMILES string of the molecule is O=C(O)C1CC=CCC1C(=O)NC1CC(O)C1. The topological polar surface area (TPSA) is 86.6 Å². The second-order valence-electron chi connectivity index (χ2n) is 4.82. The molecule has 0 bridgehead atoms. The molecule has 5 heteroatoms. The summed E-state index contributed by atoms with van der Waals surface area (Å²) in [6, 6.07) is 0.0119. The van der Waals surface area contributed by atoms with E-state index in [-0.39, 0.29) is 18.1 Å². The van der Waals surface area contributed by atoms with Gasteiger partial charge in [-0.2, -0.15) is 0 Å². The van der Waals surface area contributed by atoms with Gasteiger partial charge in [-0.05, 0) is 25.7 Å². The van der Waals surface area contributed by atoms with E-state index in [1.54, 1.807) is 0 Å². The smallest absolute Gasteiger partial charge is 0.307 e. The first-order chi connectivity index (χ1) is 8.08. The molecule has 2 unspecified atom stereocenters. The summed E-state index contributed by atoms with van der Waals surface area (Å²) >= 11 is 0. The van der Waals surface area contributed by atoms with Crippen LogP contribution in [-0.4, -0.2) is 34.2 Å². The van der Waals surface area contributed by atoms with Crippen LogP contribution >= 0.6 is 0 Å². The van der Waals surface area contributed by atoms with Crippen LogP contribution < -0.4 is 5.32 Å². The molecule has 0 aromatic rings. The highest BCUT2D eigenvalue weighted by atomic mass is 16.4. The summed E-state index contributed by atoms with van der Waals surface area (Å²) in [4.78, 5) is 23.0. The summed E-state index contributed by atoms with van der Waals surface area (Å²) in [5, 5.41) is 21.0. The maximum Gasteiger partial charge on any atom is 0.307 e. The minimum atomic E-state index is -0.914. The largest absolute Gasteiger partial charge is 0.481 e. The highest BCUT2D eigenvalue weighted by molar-refractivity contribution is 5.85. The third-order valence-electron chi connectivity index (χ3n) is 3.55. The van der Waals surface area contributed by atoms with Gasteiger partial charge < -0.3 is 15.5 Å². The van der Waals surface area contributed by atoms with Crippen molar-refractivity contribution in [3.05, 3.63) is 12.2 Å². The maximum absolute atomic E-state index is 11.9. The molecule has 0 radical (unpaired) electrons. The molecular weight excluding hydrogens is 222 g/mol. The number of aliphatic hydroxyl groups is 1. The van der Waals surface area contributed by atoms with Crippen LogP contribution in [0.4, 0.5) is 0 Å². The van der Waals surface area contributed by atoms with E-state index in [2.05, 4.69) is 5.32 Å². The van der Waals surface area contributed by atoms with Crippen LogP contribution in [0.25, 0.3) is 0 Å². The summed E-state index contributed by atoms with van der Waals surface area (Å²) < 4.78 is 0. The van der Waals surface area contributed by atoms with Gasteiger partial charge in [-0.1, -0.05) is 12.2 Å². The Balaban J connectivity index is 1.92. The molecule has 0 saturated heterocycles. The quantitative estimate of drug-likeness (QED) is 0.618. The lowest BCUT2D eigenvalue weighted by molar-refractivity contribution is -0.147. The molecule has 2 aliphatic carbocycles. The molecule has 2 aliphatic rings. The number of carboxylic acid groups (broad SMARTS) is 1. The van der Waals surface area contributed by atoms with Crippen LogP contribution in [0.15, 0.2) is 12.2 Å². The summed E-state index contributed by atoms with van der Waals surface area (Å²) in [6.45, 7) is 0. The first kappa shape index (κ1) is 12.1. The average Bonchev–Trinajstić information content (AvgIpc) is 2.27. The first-order valence-corrected chi connectivity index (χ1v) is 5.94. The Labute approximate surface area is 99.5 Å². The van der Waals surface area contributed by atoms with E-state index in [1.807, 2.05) is 12.2 Å². The van der Waals surface area contributed by atoms with Crippen molar-refractivity contribution < 1.29 is 19.8 Å². The Morgan fingerprint density at radius 3 is 2.24 bits per heavy atom. The predicted octanol–water partition coefficient (Wildman–Crippen LogP) is 0.293. The van der Waals surface area contributed by atoms with Crippen molar-refractivity contribution in [2.45, 2.75) is 37.8 Å². The van der Waals surface area contributed by atoms with Crippen molar-refractivity contribution in [1.82, 2.24) is 5.32 Å². The summed E-state index contributed by atoms with van der Waals surface area (Å²) in [5.74, 6) is -2.21. The third-order valence-corrected chi connectivity index (χ3v) is 3.55. The molecule has 2 rings (SSSR count). The lowest BCUT2D eigenvalue weighted by Crippen LogP contribution is -2.50. The van der Waals surface area contributed by atoms with Crippen LogP contribution in [0, 0.1) is 11.8 Å².